The van der Waals surface area contributed by atoms with Crippen molar-refractivity contribution in [1.82, 2.24) is 0 Å². The molecule has 0 aliphatic heterocycles. The molecular weight excluding hydrogens is 488 g/mol. The van der Waals surface area contributed by atoms with Gasteiger partial charge in [-0.15, -0.1) is 11.3 Å². The molecule has 0 atom stereocenters. The molecule has 0 saturated heterocycles. The first-order valence-corrected chi connectivity index (χ1v) is 12.1. The zero-order valence-electron chi connectivity index (χ0n) is 18.1. The Morgan fingerprint density at radius 2 is 1.69 bits per heavy atom. The van der Waals surface area contributed by atoms with Crippen molar-refractivity contribution in [1.29, 1.82) is 0 Å². The lowest BCUT2D eigenvalue weighted by atomic mass is 9.97. The standard InChI is InChI=1S/C26H23BrO4S/c1-16-4-10-20-23(14-16)32-26(18-7-11-21(29-2)22(15-18)30-3)24(20)25(28)17-5-8-19(9-6-17)31-13-12-27/h4-11,14-15H,12-13H2,1-3H3. The van der Waals surface area contributed by atoms with Gasteiger partial charge in [-0.1, -0.05) is 28.1 Å². The van der Waals surface area contributed by atoms with Gasteiger partial charge in [0, 0.05) is 31.4 Å². The highest BCUT2D eigenvalue weighted by Gasteiger charge is 2.22. The van der Waals surface area contributed by atoms with E-state index in [-0.39, 0.29) is 5.78 Å². The fraction of sp³-hybridized carbons (Fsp3) is 0.192. The lowest BCUT2D eigenvalue weighted by molar-refractivity contribution is 0.104. The number of ether oxygens (including phenoxy) is 3. The average molecular weight is 511 g/mol. The Labute approximate surface area is 199 Å². The maximum atomic E-state index is 13.7. The van der Waals surface area contributed by atoms with Crippen LogP contribution in [0.15, 0.2) is 60.7 Å². The minimum atomic E-state index is -0.0167. The molecule has 4 nitrogen and oxygen atoms in total. The van der Waals surface area contributed by atoms with Gasteiger partial charge in [0.1, 0.15) is 5.75 Å². The fourth-order valence-electron chi connectivity index (χ4n) is 3.61. The first kappa shape index (κ1) is 22.4. The second-order valence-electron chi connectivity index (χ2n) is 7.27. The van der Waals surface area contributed by atoms with Gasteiger partial charge in [0.2, 0.25) is 0 Å². The van der Waals surface area contributed by atoms with Gasteiger partial charge in [0.05, 0.1) is 20.8 Å². The van der Waals surface area contributed by atoms with Crippen LogP contribution in [0.4, 0.5) is 0 Å². The van der Waals surface area contributed by atoms with Gasteiger partial charge < -0.3 is 14.2 Å². The first-order chi connectivity index (χ1) is 15.5. The normalized spacial score (nSPS) is 10.9. The van der Waals surface area contributed by atoms with Gasteiger partial charge in [-0.25, -0.2) is 0 Å². The summed E-state index contributed by atoms with van der Waals surface area (Å²) >= 11 is 4.97. The zero-order chi connectivity index (χ0) is 22.7. The van der Waals surface area contributed by atoms with E-state index in [9.17, 15) is 4.79 Å². The molecule has 1 aromatic heterocycles. The van der Waals surface area contributed by atoms with Gasteiger partial charge in [-0.05, 0) is 66.6 Å². The van der Waals surface area contributed by atoms with Crippen LogP contribution in [0, 0.1) is 6.92 Å². The topological polar surface area (TPSA) is 44.8 Å². The van der Waals surface area contributed by atoms with E-state index in [1.165, 1.54) is 0 Å². The Balaban J connectivity index is 1.84. The summed E-state index contributed by atoms with van der Waals surface area (Å²) in [4.78, 5) is 14.6. The number of carbonyl (C=O) groups is 1. The third kappa shape index (κ3) is 4.38. The number of benzene rings is 3. The van der Waals surface area contributed by atoms with Crippen LogP contribution in [0.25, 0.3) is 20.5 Å². The van der Waals surface area contributed by atoms with E-state index >= 15 is 0 Å². The number of methoxy groups -OCH3 is 2. The van der Waals surface area contributed by atoms with Crippen LogP contribution >= 0.6 is 27.3 Å². The number of aryl methyl sites for hydroxylation is 1. The second kappa shape index (κ2) is 9.76. The summed E-state index contributed by atoms with van der Waals surface area (Å²) in [6.45, 7) is 2.63. The molecule has 0 bridgehead atoms. The highest BCUT2D eigenvalue weighted by atomic mass is 79.9. The minimum absolute atomic E-state index is 0.0167. The van der Waals surface area contributed by atoms with Crippen molar-refractivity contribution in [3.8, 4) is 27.7 Å². The third-order valence-corrected chi connectivity index (χ3v) is 6.71. The molecule has 3 aromatic carbocycles. The molecule has 1 heterocycles. The fourth-order valence-corrected chi connectivity index (χ4v) is 5.07. The van der Waals surface area contributed by atoms with E-state index in [4.69, 9.17) is 14.2 Å². The Morgan fingerprint density at radius 3 is 2.38 bits per heavy atom. The molecule has 0 radical (unpaired) electrons. The van der Waals surface area contributed by atoms with Crippen molar-refractivity contribution < 1.29 is 19.0 Å². The molecule has 0 saturated carbocycles. The van der Waals surface area contributed by atoms with Crippen LogP contribution in [-0.2, 0) is 0 Å². The number of thiophene rings is 1. The Morgan fingerprint density at radius 1 is 0.938 bits per heavy atom. The van der Waals surface area contributed by atoms with Crippen molar-refractivity contribution in [2.45, 2.75) is 6.92 Å². The van der Waals surface area contributed by atoms with Gasteiger partial charge >= 0.3 is 0 Å². The lowest BCUT2D eigenvalue weighted by Crippen LogP contribution is -2.03. The maximum absolute atomic E-state index is 13.7. The van der Waals surface area contributed by atoms with E-state index in [1.54, 1.807) is 25.6 Å². The first-order valence-electron chi connectivity index (χ1n) is 10.1. The van der Waals surface area contributed by atoms with E-state index in [0.717, 1.165) is 37.2 Å². The van der Waals surface area contributed by atoms with Crippen LogP contribution in [-0.4, -0.2) is 31.9 Å². The molecule has 6 heteroatoms. The van der Waals surface area contributed by atoms with Crippen LogP contribution in [0.1, 0.15) is 21.5 Å². The number of alkyl halides is 1. The molecule has 0 fully saturated rings. The number of ketones is 1. The predicted molar refractivity (Wildman–Crippen MR) is 134 cm³/mol. The Hall–Kier alpha value is -2.83. The Bertz CT molecular complexity index is 1260. The molecule has 32 heavy (non-hydrogen) atoms. The summed E-state index contributed by atoms with van der Waals surface area (Å²) in [5.41, 5.74) is 3.40. The molecule has 0 spiro atoms. The highest BCUT2D eigenvalue weighted by molar-refractivity contribution is 9.09. The van der Waals surface area contributed by atoms with Crippen LogP contribution in [0.2, 0.25) is 0 Å². The predicted octanol–water partition coefficient (Wildman–Crippen LogP) is 6.90. The number of rotatable bonds is 8. The number of hydrogen-bond acceptors (Lipinski definition) is 5. The van der Waals surface area contributed by atoms with Crippen molar-refractivity contribution in [3.05, 3.63) is 77.4 Å². The van der Waals surface area contributed by atoms with E-state index in [1.807, 2.05) is 54.6 Å². The van der Waals surface area contributed by atoms with Crippen LogP contribution in [0.5, 0.6) is 17.2 Å². The number of carbonyl (C=O) groups excluding carboxylic acids is 1. The molecule has 4 rings (SSSR count). The van der Waals surface area contributed by atoms with Gasteiger partial charge in [-0.3, -0.25) is 4.79 Å². The van der Waals surface area contributed by atoms with Gasteiger partial charge in [-0.2, -0.15) is 0 Å². The lowest BCUT2D eigenvalue weighted by Gasteiger charge is -2.10. The average Bonchev–Trinajstić information content (AvgIpc) is 3.20. The maximum Gasteiger partial charge on any atom is 0.195 e. The summed E-state index contributed by atoms with van der Waals surface area (Å²) < 4.78 is 17.6. The van der Waals surface area contributed by atoms with Gasteiger partial charge in [0.25, 0.3) is 0 Å². The van der Waals surface area contributed by atoms with E-state index in [2.05, 4.69) is 28.9 Å². The SMILES string of the molecule is COc1ccc(-c2sc3cc(C)ccc3c2C(=O)c2ccc(OCCBr)cc2)cc1OC. The number of halogens is 1. The highest BCUT2D eigenvalue weighted by Crippen LogP contribution is 2.42. The van der Waals surface area contributed by atoms with Crippen molar-refractivity contribution in [2.75, 3.05) is 26.2 Å². The minimum Gasteiger partial charge on any atom is -0.493 e. The smallest absolute Gasteiger partial charge is 0.195 e. The molecule has 0 unspecified atom stereocenters. The second-order valence-corrected chi connectivity index (χ2v) is 9.11. The quantitative estimate of drug-likeness (QED) is 0.191. The van der Waals surface area contributed by atoms with Crippen LogP contribution < -0.4 is 14.2 Å². The molecule has 164 valence electrons. The van der Waals surface area contributed by atoms with Crippen molar-refractivity contribution in [3.63, 3.8) is 0 Å². The van der Waals surface area contributed by atoms with E-state index < -0.39 is 0 Å². The number of fused-ring (bicyclic) bond motifs is 1. The number of hydrogen-bond donors (Lipinski definition) is 0. The summed E-state index contributed by atoms with van der Waals surface area (Å²) in [6.07, 6.45) is 0. The molecule has 0 aliphatic rings. The zero-order valence-corrected chi connectivity index (χ0v) is 20.5. The van der Waals surface area contributed by atoms with Gasteiger partial charge in [0.15, 0.2) is 17.3 Å². The van der Waals surface area contributed by atoms with Crippen LogP contribution in [0.3, 0.4) is 0 Å². The summed E-state index contributed by atoms with van der Waals surface area (Å²) in [5, 5.41) is 1.71. The van der Waals surface area contributed by atoms with Crippen molar-refractivity contribution in [2.24, 2.45) is 0 Å². The summed E-state index contributed by atoms with van der Waals surface area (Å²) in [5.74, 6) is 2.01. The molecule has 4 aromatic rings. The molecule has 0 amide bonds. The monoisotopic (exact) mass is 510 g/mol. The summed E-state index contributed by atoms with van der Waals surface area (Å²) in [6, 6.07) is 19.3. The Kier molecular flexibility index (Phi) is 6.82. The molecule has 0 N–H and O–H groups in total. The largest absolute Gasteiger partial charge is 0.493 e. The van der Waals surface area contributed by atoms with E-state index in [0.29, 0.717) is 29.2 Å². The third-order valence-electron chi connectivity index (χ3n) is 5.18. The molecule has 0 aliphatic carbocycles. The van der Waals surface area contributed by atoms with Crippen molar-refractivity contribution >= 4 is 43.1 Å². The molecular formula is C26H23BrO4S. The summed E-state index contributed by atoms with van der Waals surface area (Å²) in [7, 11) is 3.22.